The number of hydrogen-bond acceptors (Lipinski definition) is 4. The Bertz CT molecular complexity index is 1020. The Morgan fingerprint density at radius 2 is 1.71 bits per heavy atom. The number of carbonyl (C=O) groups excluding carboxylic acids is 3. The molecule has 1 unspecified atom stereocenters. The number of carbonyl (C=O) groups is 3. The van der Waals surface area contributed by atoms with Crippen molar-refractivity contribution >= 4 is 17.7 Å². The van der Waals surface area contributed by atoms with E-state index in [1.54, 1.807) is 40.1 Å². The van der Waals surface area contributed by atoms with E-state index in [0.717, 1.165) is 0 Å². The summed E-state index contributed by atoms with van der Waals surface area (Å²) in [5.41, 5.74) is 0.718. The number of ether oxygens (including phenoxy) is 1. The number of hydrogen-bond donors (Lipinski definition) is 1. The molecule has 2 aromatic rings. The Hall–Kier alpha value is -3.42. The number of benzene rings is 2. The van der Waals surface area contributed by atoms with Gasteiger partial charge in [-0.2, -0.15) is 0 Å². The number of piperidine rings is 1. The molecule has 0 saturated carbocycles. The molecule has 0 bridgehead atoms. The van der Waals surface area contributed by atoms with Gasteiger partial charge in [0.05, 0.1) is 7.11 Å². The van der Waals surface area contributed by atoms with Crippen molar-refractivity contribution in [3.8, 4) is 5.75 Å². The summed E-state index contributed by atoms with van der Waals surface area (Å²) in [7, 11) is 1.53. The van der Waals surface area contributed by atoms with Gasteiger partial charge in [-0.3, -0.25) is 14.4 Å². The molecule has 0 radical (unpaired) electrons. The zero-order valence-electron chi connectivity index (χ0n) is 19.9. The molecule has 34 heavy (non-hydrogen) atoms. The highest BCUT2D eigenvalue weighted by molar-refractivity contribution is 5.98. The van der Waals surface area contributed by atoms with E-state index in [-0.39, 0.29) is 23.6 Å². The molecule has 8 heteroatoms. The van der Waals surface area contributed by atoms with Gasteiger partial charge in [-0.15, -0.1) is 0 Å². The van der Waals surface area contributed by atoms with Gasteiger partial charge in [0.1, 0.15) is 17.6 Å². The minimum Gasteiger partial charge on any atom is -0.497 e. The van der Waals surface area contributed by atoms with Crippen molar-refractivity contribution in [2.45, 2.75) is 32.7 Å². The molecule has 3 amide bonds. The van der Waals surface area contributed by atoms with Gasteiger partial charge in [-0.05, 0) is 69.0 Å². The predicted octanol–water partition coefficient (Wildman–Crippen LogP) is 3.35. The second-order valence-corrected chi connectivity index (χ2v) is 8.33. The fourth-order valence-electron chi connectivity index (χ4n) is 4.34. The molecule has 1 aliphatic heterocycles. The van der Waals surface area contributed by atoms with Gasteiger partial charge in [0, 0.05) is 37.3 Å². The van der Waals surface area contributed by atoms with E-state index in [0.29, 0.717) is 55.9 Å². The number of likely N-dealkylation sites (tertiary alicyclic amines) is 1. The fourth-order valence-corrected chi connectivity index (χ4v) is 4.34. The van der Waals surface area contributed by atoms with Crippen molar-refractivity contribution < 1.29 is 23.5 Å². The van der Waals surface area contributed by atoms with Crippen LogP contribution in [0.25, 0.3) is 0 Å². The van der Waals surface area contributed by atoms with Gasteiger partial charge in [-0.25, -0.2) is 4.39 Å². The minimum atomic E-state index is -0.704. The van der Waals surface area contributed by atoms with E-state index in [1.165, 1.54) is 25.3 Å². The number of methoxy groups -OCH3 is 1. The Morgan fingerprint density at radius 3 is 2.32 bits per heavy atom. The molecule has 3 rings (SSSR count). The third kappa shape index (κ3) is 5.92. The van der Waals surface area contributed by atoms with Crippen LogP contribution >= 0.6 is 0 Å². The first-order chi connectivity index (χ1) is 16.4. The van der Waals surface area contributed by atoms with E-state index in [1.807, 2.05) is 13.8 Å². The van der Waals surface area contributed by atoms with Crippen molar-refractivity contribution in [1.82, 2.24) is 15.1 Å². The monoisotopic (exact) mass is 469 g/mol. The number of nitrogens with one attached hydrogen (secondary N) is 1. The lowest BCUT2D eigenvalue weighted by Crippen LogP contribution is -2.54. The first kappa shape index (κ1) is 25.2. The van der Waals surface area contributed by atoms with Crippen LogP contribution in [0.4, 0.5) is 4.39 Å². The van der Waals surface area contributed by atoms with E-state index < -0.39 is 11.9 Å². The van der Waals surface area contributed by atoms with Crippen molar-refractivity contribution in [1.29, 1.82) is 0 Å². The Balaban J connectivity index is 1.74. The lowest BCUT2D eigenvalue weighted by Gasteiger charge is -2.37. The largest absolute Gasteiger partial charge is 0.497 e. The maximum absolute atomic E-state index is 13.5. The van der Waals surface area contributed by atoms with Gasteiger partial charge in [-0.1, -0.05) is 12.1 Å². The molecule has 182 valence electrons. The average Bonchev–Trinajstić information content (AvgIpc) is 2.87. The van der Waals surface area contributed by atoms with Crippen LogP contribution in [-0.4, -0.2) is 66.9 Å². The van der Waals surface area contributed by atoms with Crippen LogP contribution in [0.15, 0.2) is 48.5 Å². The summed E-state index contributed by atoms with van der Waals surface area (Å²) in [5, 5.41) is 2.95. The van der Waals surface area contributed by atoms with Crippen molar-refractivity contribution in [2.24, 2.45) is 5.92 Å². The van der Waals surface area contributed by atoms with Crippen LogP contribution < -0.4 is 10.1 Å². The first-order valence-corrected chi connectivity index (χ1v) is 11.7. The Labute approximate surface area is 199 Å². The van der Waals surface area contributed by atoms with Gasteiger partial charge in [0.2, 0.25) is 5.91 Å². The summed E-state index contributed by atoms with van der Waals surface area (Å²) < 4.78 is 18.8. The predicted molar refractivity (Wildman–Crippen MR) is 127 cm³/mol. The second-order valence-electron chi connectivity index (χ2n) is 8.33. The molecule has 0 aliphatic carbocycles. The quantitative estimate of drug-likeness (QED) is 0.643. The smallest absolute Gasteiger partial charge is 0.253 e. The molecule has 1 atom stereocenters. The summed E-state index contributed by atoms with van der Waals surface area (Å²) in [6, 6.07) is 11.7. The fraction of sp³-hybridized carbons (Fsp3) is 0.423. The van der Waals surface area contributed by atoms with Crippen LogP contribution in [-0.2, 0) is 4.79 Å². The number of halogens is 1. The van der Waals surface area contributed by atoms with E-state index >= 15 is 0 Å². The van der Waals surface area contributed by atoms with E-state index in [4.69, 9.17) is 4.74 Å². The summed E-state index contributed by atoms with van der Waals surface area (Å²) >= 11 is 0. The highest BCUT2D eigenvalue weighted by Gasteiger charge is 2.35. The van der Waals surface area contributed by atoms with Crippen LogP contribution in [0, 0.1) is 11.7 Å². The van der Waals surface area contributed by atoms with Gasteiger partial charge >= 0.3 is 0 Å². The highest BCUT2D eigenvalue weighted by Crippen LogP contribution is 2.24. The second kappa shape index (κ2) is 11.6. The molecule has 0 spiro atoms. The zero-order chi connectivity index (χ0) is 24.7. The molecular formula is C26H32FN3O4. The number of nitrogens with zero attached hydrogens (tertiary/aromatic N) is 2. The van der Waals surface area contributed by atoms with Crippen LogP contribution in [0.1, 0.15) is 47.4 Å². The van der Waals surface area contributed by atoms with E-state index in [9.17, 15) is 18.8 Å². The average molecular weight is 470 g/mol. The first-order valence-electron chi connectivity index (χ1n) is 11.7. The molecule has 2 aromatic carbocycles. The van der Waals surface area contributed by atoms with Crippen LogP contribution in [0.3, 0.4) is 0 Å². The molecule has 1 saturated heterocycles. The van der Waals surface area contributed by atoms with Crippen molar-refractivity contribution in [2.75, 3.05) is 33.3 Å². The minimum absolute atomic E-state index is 0.126. The number of rotatable bonds is 8. The summed E-state index contributed by atoms with van der Waals surface area (Å²) in [6.45, 7) is 5.74. The third-order valence-corrected chi connectivity index (χ3v) is 6.33. The maximum atomic E-state index is 13.5. The maximum Gasteiger partial charge on any atom is 0.253 e. The topological polar surface area (TPSA) is 79.0 Å². The molecular weight excluding hydrogens is 437 g/mol. The molecule has 1 heterocycles. The SMILES string of the molecule is CCN(CC)C(=O)C(NC(=O)c1cccc(OC)c1)C1CCN(C(=O)c2cccc(F)c2)CC1. The molecule has 1 fully saturated rings. The van der Waals surface area contributed by atoms with Crippen LogP contribution in [0.2, 0.25) is 0 Å². The molecule has 0 aromatic heterocycles. The summed E-state index contributed by atoms with van der Waals surface area (Å²) in [4.78, 5) is 42.5. The van der Waals surface area contributed by atoms with Gasteiger partial charge in [0.15, 0.2) is 0 Å². The summed E-state index contributed by atoms with van der Waals surface area (Å²) in [5.74, 6) is -0.725. The summed E-state index contributed by atoms with van der Waals surface area (Å²) in [6.07, 6.45) is 1.11. The number of likely N-dealkylation sites (N-methyl/N-ethyl adjacent to an activating group) is 1. The standard InChI is InChI=1S/C26H32FN3O4/c1-4-29(5-2)26(33)23(28-24(31)19-8-7-11-22(17-19)34-3)18-12-14-30(15-13-18)25(32)20-9-6-10-21(27)16-20/h6-11,16-18,23H,4-5,12-15H2,1-3H3,(H,28,31). The number of amides is 3. The van der Waals surface area contributed by atoms with E-state index in [2.05, 4.69) is 5.32 Å². The molecule has 1 N–H and O–H groups in total. The lowest BCUT2D eigenvalue weighted by molar-refractivity contribution is -0.134. The van der Waals surface area contributed by atoms with Crippen molar-refractivity contribution in [3.63, 3.8) is 0 Å². The highest BCUT2D eigenvalue weighted by atomic mass is 19.1. The lowest BCUT2D eigenvalue weighted by atomic mass is 9.87. The molecule has 1 aliphatic rings. The zero-order valence-corrected chi connectivity index (χ0v) is 19.9. The van der Waals surface area contributed by atoms with Gasteiger partial charge in [0.25, 0.3) is 11.8 Å². The Morgan fingerprint density at radius 1 is 1.06 bits per heavy atom. The normalized spacial score (nSPS) is 14.9. The third-order valence-electron chi connectivity index (χ3n) is 6.33. The molecule has 7 nitrogen and oxygen atoms in total. The Kier molecular flexibility index (Phi) is 8.62. The van der Waals surface area contributed by atoms with Crippen LogP contribution in [0.5, 0.6) is 5.75 Å². The van der Waals surface area contributed by atoms with Gasteiger partial charge < -0.3 is 19.9 Å². The van der Waals surface area contributed by atoms with Crippen molar-refractivity contribution in [3.05, 3.63) is 65.5 Å².